The maximum absolute atomic E-state index is 11.1. The molecule has 21 heavy (non-hydrogen) atoms. The highest BCUT2D eigenvalue weighted by molar-refractivity contribution is 5.90. The summed E-state index contributed by atoms with van der Waals surface area (Å²) in [6.45, 7) is 1.33. The van der Waals surface area contributed by atoms with Crippen molar-refractivity contribution in [2.45, 2.75) is 6.42 Å². The molecule has 0 saturated heterocycles. The number of benzene rings is 2. The van der Waals surface area contributed by atoms with Gasteiger partial charge in [-0.15, -0.1) is 0 Å². The molecule has 4 nitrogen and oxygen atoms in total. The van der Waals surface area contributed by atoms with Crippen LogP contribution in [0.4, 0.5) is 5.69 Å². The fraction of sp³-hybridized carbons (Fsp3) is 0.235. The lowest BCUT2D eigenvalue weighted by molar-refractivity contribution is 0.0692. The van der Waals surface area contributed by atoms with Crippen LogP contribution < -0.4 is 9.64 Å². The van der Waals surface area contributed by atoms with Gasteiger partial charge >= 0.3 is 5.97 Å². The number of carbonyl (C=O) groups is 1. The fourth-order valence-corrected chi connectivity index (χ4v) is 2.06. The van der Waals surface area contributed by atoms with Gasteiger partial charge in [0.1, 0.15) is 11.3 Å². The van der Waals surface area contributed by atoms with Crippen molar-refractivity contribution in [1.82, 2.24) is 0 Å². The summed E-state index contributed by atoms with van der Waals surface area (Å²) in [5.74, 6) is -0.542. The first-order chi connectivity index (χ1) is 10.2. The Balaban J connectivity index is 1.81. The molecule has 2 rings (SSSR count). The molecule has 0 radical (unpaired) electrons. The minimum atomic E-state index is -0.966. The molecule has 2 aromatic rings. The number of aromatic carboxylic acids is 1. The van der Waals surface area contributed by atoms with E-state index in [1.54, 1.807) is 24.3 Å². The molecule has 0 bridgehead atoms. The van der Waals surface area contributed by atoms with Gasteiger partial charge in [-0.2, -0.15) is 0 Å². The van der Waals surface area contributed by atoms with E-state index in [-0.39, 0.29) is 5.56 Å². The smallest absolute Gasteiger partial charge is 0.339 e. The highest BCUT2D eigenvalue weighted by Crippen LogP contribution is 2.18. The van der Waals surface area contributed by atoms with Crippen LogP contribution >= 0.6 is 0 Å². The lowest BCUT2D eigenvalue weighted by Gasteiger charge is -2.19. The molecule has 1 N–H and O–H groups in total. The Morgan fingerprint density at radius 3 is 2.48 bits per heavy atom. The second-order valence-corrected chi connectivity index (χ2v) is 4.76. The van der Waals surface area contributed by atoms with Gasteiger partial charge in [0, 0.05) is 19.3 Å². The quantitative estimate of drug-likeness (QED) is 0.793. The van der Waals surface area contributed by atoms with E-state index >= 15 is 0 Å². The number of hydrogen-bond acceptors (Lipinski definition) is 3. The lowest BCUT2D eigenvalue weighted by Crippen LogP contribution is -2.20. The number of carboxylic acid groups (broad SMARTS) is 1. The Morgan fingerprint density at radius 1 is 1.10 bits per heavy atom. The van der Waals surface area contributed by atoms with Crippen molar-refractivity contribution in [3.8, 4) is 5.75 Å². The second kappa shape index (κ2) is 7.33. The van der Waals surface area contributed by atoms with Crippen LogP contribution in [0.3, 0.4) is 0 Å². The summed E-state index contributed by atoms with van der Waals surface area (Å²) in [6, 6.07) is 16.8. The van der Waals surface area contributed by atoms with Crippen LogP contribution in [-0.4, -0.2) is 31.3 Å². The molecule has 0 aliphatic rings. The van der Waals surface area contributed by atoms with Gasteiger partial charge in [-0.1, -0.05) is 30.3 Å². The zero-order valence-corrected chi connectivity index (χ0v) is 12.0. The molecule has 0 unspecified atom stereocenters. The van der Waals surface area contributed by atoms with Crippen LogP contribution in [0.1, 0.15) is 16.8 Å². The normalized spacial score (nSPS) is 10.1. The highest BCUT2D eigenvalue weighted by Gasteiger charge is 2.09. The van der Waals surface area contributed by atoms with Crippen LogP contribution in [-0.2, 0) is 0 Å². The van der Waals surface area contributed by atoms with Crippen molar-refractivity contribution in [3.63, 3.8) is 0 Å². The number of para-hydroxylation sites is 2. The van der Waals surface area contributed by atoms with E-state index in [0.29, 0.717) is 12.4 Å². The first-order valence-electron chi connectivity index (χ1n) is 6.90. The Bertz CT molecular complexity index is 584. The number of ether oxygens (including phenoxy) is 1. The van der Waals surface area contributed by atoms with E-state index in [0.717, 1.165) is 18.7 Å². The van der Waals surface area contributed by atoms with Gasteiger partial charge in [0.05, 0.1) is 6.61 Å². The van der Waals surface area contributed by atoms with Crippen molar-refractivity contribution in [1.29, 1.82) is 0 Å². The summed E-state index contributed by atoms with van der Waals surface area (Å²) in [5.41, 5.74) is 1.36. The predicted octanol–water partition coefficient (Wildman–Crippen LogP) is 3.29. The monoisotopic (exact) mass is 285 g/mol. The third-order valence-electron chi connectivity index (χ3n) is 3.21. The van der Waals surface area contributed by atoms with Crippen LogP contribution in [0.2, 0.25) is 0 Å². The van der Waals surface area contributed by atoms with E-state index in [1.807, 2.05) is 25.2 Å². The van der Waals surface area contributed by atoms with Crippen molar-refractivity contribution in [3.05, 3.63) is 60.2 Å². The second-order valence-electron chi connectivity index (χ2n) is 4.76. The standard InChI is InChI=1S/C17H19NO3/c1-18(14-8-3-2-4-9-14)12-7-13-21-16-11-6-5-10-15(16)17(19)20/h2-6,8-11H,7,12-13H2,1H3,(H,19,20). The Hall–Kier alpha value is -2.49. The molecule has 0 spiro atoms. The zero-order valence-electron chi connectivity index (χ0n) is 12.0. The van der Waals surface area contributed by atoms with Crippen molar-refractivity contribution in [2.24, 2.45) is 0 Å². The SMILES string of the molecule is CN(CCCOc1ccccc1C(=O)O)c1ccccc1. The third-order valence-corrected chi connectivity index (χ3v) is 3.21. The Morgan fingerprint density at radius 2 is 1.76 bits per heavy atom. The molecule has 2 aromatic carbocycles. The van der Waals surface area contributed by atoms with Gasteiger partial charge in [-0.25, -0.2) is 4.79 Å². The number of hydrogen-bond donors (Lipinski definition) is 1. The van der Waals surface area contributed by atoms with Gasteiger partial charge in [0.15, 0.2) is 0 Å². The Kier molecular flexibility index (Phi) is 5.21. The minimum Gasteiger partial charge on any atom is -0.493 e. The number of nitrogens with zero attached hydrogens (tertiary/aromatic N) is 1. The molecule has 0 aliphatic heterocycles. The van der Waals surface area contributed by atoms with Crippen LogP contribution in [0.25, 0.3) is 0 Å². The molecule has 0 saturated carbocycles. The largest absolute Gasteiger partial charge is 0.493 e. The van der Waals surface area contributed by atoms with Crippen molar-refractivity contribution in [2.75, 3.05) is 25.1 Å². The molecular formula is C17H19NO3. The number of rotatable bonds is 7. The van der Waals surface area contributed by atoms with E-state index in [4.69, 9.17) is 9.84 Å². The van der Waals surface area contributed by atoms with Crippen LogP contribution in [0, 0.1) is 0 Å². The van der Waals surface area contributed by atoms with Gasteiger partial charge < -0.3 is 14.7 Å². The molecule has 0 aromatic heterocycles. The maximum Gasteiger partial charge on any atom is 0.339 e. The number of carboxylic acids is 1. The van der Waals surface area contributed by atoms with Crippen LogP contribution in [0.15, 0.2) is 54.6 Å². The third kappa shape index (κ3) is 4.24. The van der Waals surface area contributed by atoms with Gasteiger partial charge in [-0.05, 0) is 30.7 Å². The molecule has 4 heteroatoms. The lowest BCUT2D eigenvalue weighted by atomic mass is 10.2. The Labute approximate surface area is 124 Å². The molecule has 110 valence electrons. The maximum atomic E-state index is 11.1. The molecule has 0 aliphatic carbocycles. The van der Waals surface area contributed by atoms with E-state index < -0.39 is 5.97 Å². The van der Waals surface area contributed by atoms with Gasteiger partial charge in [-0.3, -0.25) is 0 Å². The topological polar surface area (TPSA) is 49.8 Å². The van der Waals surface area contributed by atoms with Gasteiger partial charge in [0.25, 0.3) is 0 Å². The average molecular weight is 285 g/mol. The summed E-state index contributed by atoms with van der Waals surface area (Å²) in [5, 5.41) is 9.07. The van der Waals surface area contributed by atoms with E-state index in [1.165, 1.54) is 0 Å². The molecule has 0 heterocycles. The molecular weight excluding hydrogens is 266 g/mol. The minimum absolute atomic E-state index is 0.203. The molecule has 0 atom stereocenters. The van der Waals surface area contributed by atoms with E-state index in [2.05, 4.69) is 17.0 Å². The average Bonchev–Trinajstić information content (AvgIpc) is 2.52. The summed E-state index contributed by atoms with van der Waals surface area (Å²) >= 11 is 0. The summed E-state index contributed by atoms with van der Waals surface area (Å²) in [4.78, 5) is 13.2. The predicted molar refractivity (Wildman–Crippen MR) is 83.2 cm³/mol. The van der Waals surface area contributed by atoms with E-state index in [9.17, 15) is 4.79 Å². The number of anilines is 1. The van der Waals surface area contributed by atoms with Gasteiger partial charge in [0.2, 0.25) is 0 Å². The van der Waals surface area contributed by atoms with Crippen molar-refractivity contribution < 1.29 is 14.6 Å². The summed E-state index contributed by atoms with van der Waals surface area (Å²) in [7, 11) is 2.03. The fourth-order valence-electron chi connectivity index (χ4n) is 2.06. The summed E-state index contributed by atoms with van der Waals surface area (Å²) < 4.78 is 5.58. The highest BCUT2D eigenvalue weighted by atomic mass is 16.5. The zero-order chi connectivity index (χ0) is 15.1. The first kappa shape index (κ1) is 14.9. The van der Waals surface area contributed by atoms with Crippen molar-refractivity contribution >= 4 is 11.7 Å². The molecule has 0 amide bonds. The first-order valence-corrected chi connectivity index (χ1v) is 6.90. The van der Waals surface area contributed by atoms with Crippen LogP contribution in [0.5, 0.6) is 5.75 Å². The summed E-state index contributed by atoms with van der Waals surface area (Å²) in [6.07, 6.45) is 0.819. The molecule has 0 fully saturated rings.